The van der Waals surface area contributed by atoms with Gasteiger partial charge in [0.1, 0.15) is 5.01 Å². The molecule has 0 atom stereocenters. The van der Waals surface area contributed by atoms with Gasteiger partial charge in [0.25, 0.3) is 0 Å². The van der Waals surface area contributed by atoms with Crippen LogP contribution in [0.4, 0.5) is 5.95 Å². The number of rotatable bonds is 1. The van der Waals surface area contributed by atoms with Crippen molar-refractivity contribution in [3.05, 3.63) is 28.8 Å². The molecule has 2 rings (SSSR count). The minimum atomic E-state index is 0.293. The van der Waals surface area contributed by atoms with Crippen molar-refractivity contribution in [3.63, 3.8) is 0 Å². The number of benzene rings is 1. The molecule has 2 aromatic rings. The van der Waals surface area contributed by atoms with Crippen LogP contribution in [0.25, 0.3) is 10.6 Å². The minimum absolute atomic E-state index is 0.293. The summed E-state index contributed by atoms with van der Waals surface area (Å²) in [5.74, 6) is 0.293. The van der Waals surface area contributed by atoms with E-state index in [0.717, 1.165) is 16.1 Å². The molecule has 5 heteroatoms. The lowest BCUT2D eigenvalue weighted by molar-refractivity contribution is 1.34. The van der Waals surface area contributed by atoms with Crippen LogP contribution < -0.4 is 5.73 Å². The molecule has 0 fully saturated rings. The average molecular weight is 226 g/mol. The van der Waals surface area contributed by atoms with Crippen LogP contribution in [0.5, 0.6) is 0 Å². The van der Waals surface area contributed by atoms with Crippen molar-refractivity contribution in [1.29, 1.82) is 0 Å². The quantitative estimate of drug-likeness (QED) is 0.812. The molecule has 0 aliphatic carbocycles. The first-order valence-electron chi connectivity index (χ1n) is 4.02. The highest BCUT2D eigenvalue weighted by Gasteiger charge is 2.08. The molecule has 0 unspecified atom stereocenters. The lowest BCUT2D eigenvalue weighted by Crippen LogP contribution is -1.86. The standard InChI is InChI=1S/C9H8ClN3S/c1-5-2-3-6(7(10)4-5)8-12-9(11)13-14-8/h2-4H,1H3,(H2,11,13). The fourth-order valence-corrected chi connectivity index (χ4v) is 2.15. The number of hydrogen-bond acceptors (Lipinski definition) is 4. The Balaban J connectivity index is 2.52. The summed E-state index contributed by atoms with van der Waals surface area (Å²) in [6.45, 7) is 1.99. The SMILES string of the molecule is Cc1ccc(-c2nc(N)ns2)c(Cl)c1. The van der Waals surface area contributed by atoms with Crippen LogP contribution in [-0.2, 0) is 0 Å². The van der Waals surface area contributed by atoms with E-state index in [4.69, 9.17) is 17.3 Å². The zero-order chi connectivity index (χ0) is 10.1. The molecule has 0 aliphatic rings. The Hall–Kier alpha value is -1.13. The predicted molar refractivity (Wildman–Crippen MR) is 59.5 cm³/mol. The molecule has 0 amide bonds. The predicted octanol–water partition coefficient (Wildman–Crippen LogP) is 2.75. The lowest BCUT2D eigenvalue weighted by Gasteiger charge is -2.00. The van der Waals surface area contributed by atoms with Gasteiger partial charge in [-0.25, -0.2) is 0 Å². The second-order valence-electron chi connectivity index (χ2n) is 2.94. The molecule has 0 saturated heterocycles. The number of nitrogen functional groups attached to an aromatic ring is 1. The maximum atomic E-state index is 6.07. The molecular formula is C9H8ClN3S. The van der Waals surface area contributed by atoms with Crippen LogP contribution in [0.15, 0.2) is 18.2 Å². The van der Waals surface area contributed by atoms with E-state index < -0.39 is 0 Å². The summed E-state index contributed by atoms with van der Waals surface area (Å²) in [6.07, 6.45) is 0. The van der Waals surface area contributed by atoms with Crippen LogP contribution in [0, 0.1) is 6.92 Å². The van der Waals surface area contributed by atoms with E-state index in [1.54, 1.807) is 0 Å². The first-order chi connectivity index (χ1) is 6.66. The van der Waals surface area contributed by atoms with Crippen molar-refractivity contribution in [2.24, 2.45) is 0 Å². The Labute approximate surface area is 90.7 Å². The molecule has 0 saturated carbocycles. The second kappa shape index (κ2) is 3.55. The Morgan fingerprint density at radius 1 is 1.43 bits per heavy atom. The lowest BCUT2D eigenvalue weighted by atomic mass is 10.1. The number of halogens is 1. The van der Waals surface area contributed by atoms with E-state index in [2.05, 4.69) is 9.36 Å². The van der Waals surface area contributed by atoms with Gasteiger partial charge in [-0.15, -0.1) is 0 Å². The Kier molecular flexibility index (Phi) is 2.39. The van der Waals surface area contributed by atoms with Gasteiger partial charge in [-0.1, -0.05) is 23.7 Å². The van der Waals surface area contributed by atoms with Gasteiger partial charge in [0, 0.05) is 5.56 Å². The summed E-state index contributed by atoms with van der Waals surface area (Å²) in [6, 6.07) is 5.81. The van der Waals surface area contributed by atoms with E-state index in [-0.39, 0.29) is 0 Å². The monoisotopic (exact) mass is 225 g/mol. The number of aryl methyl sites for hydroxylation is 1. The van der Waals surface area contributed by atoms with Crippen molar-refractivity contribution in [1.82, 2.24) is 9.36 Å². The third-order valence-corrected chi connectivity index (χ3v) is 2.87. The maximum absolute atomic E-state index is 6.07. The highest BCUT2D eigenvalue weighted by molar-refractivity contribution is 7.09. The van der Waals surface area contributed by atoms with Crippen LogP contribution >= 0.6 is 23.1 Å². The van der Waals surface area contributed by atoms with E-state index in [1.165, 1.54) is 11.5 Å². The number of nitrogens with zero attached hydrogens (tertiary/aromatic N) is 2. The van der Waals surface area contributed by atoms with Gasteiger partial charge < -0.3 is 5.73 Å². The van der Waals surface area contributed by atoms with Crippen LogP contribution in [0.3, 0.4) is 0 Å². The molecule has 1 heterocycles. The van der Waals surface area contributed by atoms with Gasteiger partial charge in [-0.3, -0.25) is 0 Å². The highest BCUT2D eigenvalue weighted by Crippen LogP contribution is 2.29. The van der Waals surface area contributed by atoms with Crippen molar-refractivity contribution in [2.75, 3.05) is 5.73 Å². The molecule has 0 aliphatic heterocycles. The van der Waals surface area contributed by atoms with Crippen molar-refractivity contribution < 1.29 is 0 Å². The van der Waals surface area contributed by atoms with Crippen molar-refractivity contribution in [3.8, 4) is 10.6 Å². The summed E-state index contributed by atoms with van der Waals surface area (Å²) in [5, 5.41) is 1.44. The number of nitrogens with two attached hydrogens (primary N) is 1. The molecule has 72 valence electrons. The molecule has 2 N–H and O–H groups in total. The van der Waals surface area contributed by atoms with Gasteiger partial charge in [0.15, 0.2) is 0 Å². The normalized spacial score (nSPS) is 10.4. The summed E-state index contributed by atoms with van der Waals surface area (Å²) in [4.78, 5) is 4.07. The van der Waals surface area contributed by atoms with Crippen LogP contribution in [0.1, 0.15) is 5.56 Å². The summed E-state index contributed by atoms with van der Waals surface area (Å²) >= 11 is 7.32. The van der Waals surface area contributed by atoms with Gasteiger partial charge in [-0.05, 0) is 30.1 Å². The Bertz CT molecular complexity index is 467. The summed E-state index contributed by atoms with van der Waals surface area (Å²) in [5.41, 5.74) is 7.44. The van der Waals surface area contributed by atoms with Gasteiger partial charge in [-0.2, -0.15) is 9.36 Å². The molecule has 1 aromatic heterocycles. The minimum Gasteiger partial charge on any atom is -0.367 e. The topological polar surface area (TPSA) is 51.8 Å². The van der Waals surface area contributed by atoms with Crippen molar-refractivity contribution >= 4 is 29.1 Å². The number of anilines is 1. The van der Waals surface area contributed by atoms with Crippen LogP contribution in [-0.4, -0.2) is 9.36 Å². The molecule has 0 radical (unpaired) electrons. The zero-order valence-corrected chi connectivity index (χ0v) is 9.06. The molecule has 3 nitrogen and oxygen atoms in total. The maximum Gasteiger partial charge on any atom is 0.232 e. The molecule has 0 bridgehead atoms. The first-order valence-corrected chi connectivity index (χ1v) is 5.17. The largest absolute Gasteiger partial charge is 0.367 e. The third kappa shape index (κ3) is 1.71. The average Bonchev–Trinajstić information content (AvgIpc) is 2.51. The molecule has 14 heavy (non-hydrogen) atoms. The van der Waals surface area contributed by atoms with Gasteiger partial charge in [0.05, 0.1) is 5.02 Å². The van der Waals surface area contributed by atoms with Crippen molar-refractivity contribution in [2.45, 2.75) is 6.92 Å². The van der Waals surface area contributed by atoms with Gasteiger partial charge >= 0.3 is 0 Å². The Morgan fingerprint density at radius 2 is 2.21 bits per heavy atom. The fraction of sp³-hybridized carbons (Fsp3) is 0.111. The van der Waals surface area contributed by atoms with E-state index >= 15 is 0 Å². The van der Waals surface area contributed by atoms with Gasteiger partial charge in [0.2, 0.25) is 5.95 Å². The number of hydrogen-bond donors (Lipinski definition) is 1. The van der Waals surface area contributed by atoms with E-state index in [1.807, 2.05) is 25.1 Å². The summed E-state index contributed by atoms with van der Waals surface area (Å²) in [7, 11) is 0. The molecule has 1 aromatic carbocycles. The second-order valence-corrected chi connectivity index (χ2v) is 4.10. The first kappa shape index (κ1) is 9.43. The smallest absolute Gasteiger partial charge is 0.232 e. The van der Waals surface area contributed by atoms with Crippen LogP contribution in [0.2, 0.25) is 5.02 Å². The highest BCUT2D eigenvalue weighted by atomic mass is 35.5. The Morgan fingerprint density at radius 3 is 2.79 bits per heavy atom. The van der Waals surface area contributed by atoms with E-state index in [0.29, 0.717) is 11.0 Å². The zero-order valence-electron chi connectivity index (χ0n) is 7.49. The molecular weight excluding hydrogens is 218 g/mol. The summed E-state index contributed by atoms with van der Waals surface area (Å²) < 4.78 is 3.91. The number of aromatic nitrogens is 2. The fourth-order valence-electron chi connectivity index (χ4n) is 1.14. The third-order valence-electron chi connectivity index (χ3n) is 1.80. The van der Waals surface area contributed by atoms with E-state index in [9.17, 15) is 0 Å². The molecule has 0 spiro atoms.